The summed E-state index contributed by atoms with van der Waals surface area (Å²) in [6.45, 7) is 22.3. The van der Waals surface area contributed by atoms with Crippen LogP contribution in [0.4, 0.5) is 4.79 Å². The maximum atomic E-state index is 13.2. The minimum atomic E-state index is -0.511. The number of rotatable bonds is 8. The zero-order valence-corrected chi connectivity index (χ0v) is 36.6. The van der Waals surface area contributed by atoms with Gasteiger partial charge in [0.1, 0.15) is 6.10 Å². The van der Waals surface area contributed by atoms with Crippen molar-refractivity contribution >= 4 is 6.09 Å². The number of carbonyl (C=O) groups excluding carboxylic acids is 1. The molecule has 1 amide bonds. The van der Waals surface area contributed by atoms with Crippen molar-refractivity contribution in [3.8, 4) is 0 Å². The van der Waals surface area contributed by atoms with Gasteiger partial charge < -0.3 is 29.0 Å². The number of hydrogen-bond acceptors (Lipinski definition) is 7. The summed E-state index contributed by atoms with van der Waals surface area (Å²) in [7, 11) is 0. The van der Waals surface area contributed by atoms with E-state index in [0.29, 0.717) is 34.5 Å². The molecule has 3 heterocycles. The second-order valence-corrected chi connectivity index (χ2v) is 22.7. The quantitative estimate of drug-likeness (QED) is 0.246. The third kappa shape index (κ3) is 6.22. The molecule has 9 fully saturated rings. The lowest BCUT2D eigenvalue weighted by atomic mass is 9.41. The van der Waals surface area contributed by atoms with Gasteiger partial charge in [0, 0.05) is 31.6 Å². The number of amides is 1. The van der Waals surface area contributed by atoms with E-state index >= 15 is 0 Å². The molecule has 9 rings (SSSR count). The van der Waals surface area contributed by atoms with E-state index in [1.807, 2.05) is 4.90 Å². The molecule has 0 radical (unpaired) electrons. The minimum absolute atomic E-state index is 0.0177. The van der Waals surface area contributed by atoms with Crippen LogP contribution in [0.3, 0.4) is 0 Å². The summed E-state index contributed by atoms with van der Waals surface area (Å²) in [6, 6.07) is 0. The molecule has 318 valence electrons. The molecular weight excluding hydrogens is 701 g/mol. The topological polar surface area (TPSA) is 80.7 Å². The predicted molar refractivity (Wildman–Crippen MR) is 219 cm³/mol. The fourth-order valence-electron chi connectivity index (χ4n) is 16.7. The molecule has 0 aromatic carbocycles. The van der Waals surface area contributed by atoms with Gasteiger partial charge in [0.2, 0.25) is 0 Å². The normalized spacial score (nSPS) is 48.2. The molecular formula is C48H80N2O6. The molecule has 2 spiro atoms. The number of ether oxygens (including phenoxy) is 4. The van der Waals surface area contributed by atoms with Gasteiger partial charge >= 0.3 is 6.09 Å². The molecule has 14 atom stereocenters. The summed E-state index contributed by atoms with van der Waals surface area (Å²) in [5.74, 6) is 2.91. The smallest absolute Gasteiger partial charge is 0.410 e. The molecule has 14 unspecified atom stereocenters. The third-order valence-corrected chi connectivity index (χ3v) is 19.7. The summed E-state index contributed by atoms with van der Waals surface area (Å²) >= 11 is 0. The van der Waals surface area contributed by atoms with E-state index in [2.05, 4.69) is 53.4 Å². The second kappa shape index (κ2) is 14.9. The Kier molecular flexibility index (Phi) is 10.8. The first-order valence-corrected chi connectivity index (χ1v) is 24.0. The third-order valence-electron chi connectivity index (χ3n) is 19.7. The molecule has 6 aliphatic carbocycles. The number of hydrogen-bond donors (Lipinski definition) is 1. The van der Waals surface area contributed by atoms with E-state index < -0.39 is 6.10 Å². The van der Waals surface area contributed by atoms with Crippen LogP contribution in [0.25, 0.3) is 0 Å². The van der Waals surface area contributed by atoms with Crippen molar-refractivity contribution < 1.29 is 28.8 Å². The highest BCUT2D eigenvalue weighted by Crippen LogP contribution is 2.89. The fraction of sp³-hybridized carbons (Fsp3) is 0.979. The van der Waals surface area contributed by atoms with E-state index in [1.54, 1.807) is 0 Å². The van der Waals surface area contributed by atoms with Crippen LogP contribution in [0, 0.1) is 62.6 Å². The highest BCUT2D eigenvalue weighted by molar-refractivity contribution is 5.68. The van der Waals surface area contributed by atoms with Gasteiger partial charge in [0.25, 0.3) is 0 Å². The molecule has 0 aromatic heterocycles. The van der Waals surface area contributed by atoms with Crippen molar-refractivity contribution in [1.82, 2.24) is 9.80 Å². The number of nitrogens with zero attached hydrogens (tertiary/aromatic N) is 2. The Hall–Kier alpha value is -0.930. The van der Waals surface area contributed by atoms with Crippen molar-refractivity contribution in [2.75, 3.05) is 39.3 Å². The maximum absolute atomic E-state index is 13.2. The average molecular weight is 781 g/mol. The summed E-state index contributed by atoms with van der Waals surface area (Å²) in [5, 5.41) is 12.8. The number of likely N-dealkylation sites (tertiary alicyclic amines) is 1. The average Bonchev–Trinajstić information content (AvgIpc) is 3.58. The van der Waals surface area contributed by atoms with Crippen molar-refractivity contribution in [3.05, 3.63) is 0 Å². The zero-order valence-electron chi connectivity index (χ0n) is 36.6. The Bertz CT molecular complexity index is 1430. The largest absolute Gasteiger partial charge is 0.443 e. The first-order chi connectivity index (χ1) is 26.7. The highest BCUT2D eigenvalue weighted by atomic mass is 16.7. The van der Waals surface area contributed by atoms with Gasteiger partial charge in [-0.2, -0.15) is 0 Å². The number of morpholine rings is 1. The van der Waals surface area contributed by atoms with E-state index in [-0.39, 0.29) is 59.0 Å². The summed E-state index contributed by atoms with van der Waals surface area (Å²) < 4.78 is 26.9. The highest BCUT2D eigenvalue weighted by Gasteiger charge is 2.84. The van der Waals surface area contributed by atoms with Crippen LogP contribution >= 0.6 is 0 Å². The van der Waals surface area contributed by atoms with Gasteiger partial charge in [0.15, 0.2) is 6.29 Å². The van der Waals surface area contributed by atoms with E-state index in [4.69, 9.17) is 18.9 Å². The van der Waals surface area contributed by atoms with Crippen LogP contribution in [0.1, 0.15) is 158 Å². The summed E-state index contributed by atoms with van der Waals surface area (Å²) in [6.07, 6.45) is 20.2. The monoisotopic (exact) mass is 781 g/mol. The predicted octanol–water partition coefficient (Wildman–Crippen LogP) is 9.46. The van der Waals surface area contributed by atoms with Gasteiger partial charge in [-0.3, -0.25) is 4.90 Å². The second-order valence-electron chi connectivity index (χ2n) is 22.7. The van der Waals surface area contributed by atoms with Crippen LogP contribution in [-0.2, 0) is 18.9 Å². The Morgan fingerprint density at radius 3 is 2.32 bits per heavy atom. The number of aliphatic hydroxyl groups is 1. The van der Waals surface area contributed by atoms with E-state index in [1.165, 1.54) is 90.0 Å². The lowest BCUT2D eigenvalue weighted by Crippen LogP contribution is -2.60. The van der Waals surface area contributed by atoms with Crippen LogP contribution < -0.4 is 0 Å². The lowest BCUT2D eigenvalue weighted by Gasteiger charge is -2.64. The number of carbonyl (C=O) groups is 1. The van der Waals surface area contributed by atoms with Gasteiger partial charge in [0.05, 0.1) is 31.0 Å². The molecule has 8 heteroatoms. The molecule has 56 heavy (non-hydrogen) atoms. The van der Waals surface area contributed by atoms with Crippen molar-refractivity contribution in [1.29, 1.82) is 0 Å². The molecule has 6 saturated carbocycles. The molecule has 0 bridgehead atoms. The summed E-state index contributed by atoms with van der Waals surface area (Å²) in [4.78, 5) is 17.7. The molecule has 3 saturated heterocycles. The van der Waals surface area contributed by atoms with Crippen LogP contribution in [0.5, 0.6) is 0 Å². The van der Waals surface area contributed by atoms with E-state index in [9.17, 15) is 9.90 Å². The Labute approximate surface area is 340 Å². The van der Waals surface area contributed by atoms with Crippen LogP contribution in [-0.4, -0.2) is 97.1 Å². The fourth-order valence-corrected chi connectivity index (χ4v) is 16.7. The number of fused-ring (bicyclic) bond motifs is 4. The lowest BCUT2D eigenvalue weighted by molar-refractivity contribution is -0.249. The van der Waals surface area contributed by atoms with Crippen molar-refractivity contribution in [3.63, 3.8) is 0 Å². The van der Waals surface area contributed by atoms with Gasteiger partial charge in [-0.05, 0) is 134 Å². The van der Waals surface area contributed by atoms with Crippen LogP contribution in [0.2, 0.25) is 0 Å². The maximum Gasteiger partial charge on any atom is 0.410 e. The number of aliphatic hydroxyl groups excluding tert-OH is 1. The molecule has 8 nitrogen and oxygen atoms in total. The summed E-state index contributed by atoms with van der Waals surface area (Å²) in [5.41, 5.74) is 0.573. The van der Waals surface area contributed by atoms with Gasteiger partial charge in [-0.1, -0.05) is 87.0 Å². The Morgan fingerprint density at radius 1 is 0.875 bits per heavy atom. The minimum Gasteiger partial charge on any atom is -0.443 e. The van der Waals surface area contributed by atoms with Crippen LogP contribution in [0.15, 0.2) is 0 Å². The molecule has 0 aromatic rings. The molecule has 1 N–H and O–H groups in total. The first-order valence-electron chi connectivity index (χ1n) is 24.0. The Balaban J connectivity index is 0.880. The van der Waals surface area contributed by atoms with Crippen molar-refractivity contribution in [2.45, 2.75) is 194 Å². The molecule has 3 aliphatic heterocycles. The van der Waals surface area contributed by atoms with Crippen molar-refractivity contribution in [2.24, 2.45) is 62.6 Å². The van der Waals surface area contributed by atoms with Gasteiger partial charge in [-0.25, -0.2) is 4.79 Å². The molecule has 9 aliphatic rings. The zero-order chi connectivity index (χ0) is 39.3. The van der Waals surface area contributed by atoms with E-state index in [0.717, 1.165) is 64.4 Å². The Morgan fingerprint density at radius 2 is 1.59 bits per heavy atom. The SMILES string of the molecule is CC(C)C(OC(=O)N1CCCC1)C1CC(C)C2C(O1)C(O)C1(C)C3CCC4C(C)(C)C(OC5CN(CCC6CCCCCC6)CCO5)CCC45CC35CCC21C. The first kappa shape index (κ1) is 40.5. The standard InChI is InChI=1S/C48H80N2O6/c1-31(2)40(56-43(52)50-23-12-13-24-50)34-28-32(3)39-41(54-34)42(51)46(7)36-17-16-35-44(4,5)37(18-20-47(35)30-48(36,47)22-21-45(39,46)6)55-38-29-49(26-27-53-38)25-19-33-14-10-8-9-11-15-33/h31-42,51H,8-30H2,1-7H3. The van der Waals surface area contributed by atoms with Gasteiger partial charge in [-0.15, -0.1) is 0 Å².